The predicted molar refractivity (Wildman–Crippen MR) is 260 cm³/mol. The summed E-state index contributed by atoms with van der Waals surface area (Å²) in [6, 6.07) is 80.9. The summed E-state index contributed by atoms with van der Waals surface area (Å²) in [5.74, 6) is 0. The Morgan fingerprint density at radius 3 is 1.43 bits per heavy atom. The van der Waals surface area contributed by atoms with Crippen LogP contribution in [0.1, 0.15) is 22.3 Å². The van der Waals surface area contributed by atoms with Gasteiger partial charge in [-0.3, -0.25) is 0 Å². The minimum atomic E-state index is -0.558. The third-order valence-corrected chi connectivity index (χ3v) is 15.2. The Morgan fingerprint density at radius 2 is 0.754 bits per heavy atom. The number of rotatable bonds is 6. The fraction of sp³-hybridized carbons (Fsp3) is 0.0175. The van der Waals surface area contributed by atoms with E-state index in [1.54, 1.807) is 0 Å². The number of hydrogen-bond donors (Lipinski definition) is 0. The molecule has 0 aliphatic heterocycles. The molecule has 0 bridgehead atoms. The third kappa shape index (κ3) is 5.01. The molecule has 0 saturated heterocycles. The first kappa shape index (κ1) is 34.6. The molecule has 2 nitrogen and oxygen atoms in total. The third-order valence-electron chi connectivity index (χ3n) is 12.8. The first-order chi connectivity index (χ1) is 30.3. The summed E-state index contributed by atoms with van der Waals surface area (Å²) in [5.41, 5.74) is 15.5. The van der Waals surface area contributed by atoms with E-state index >= 15 is 0 Å². The van der Waals surface area contributed by atoms with E-state index in [4.69, 9.17) is 0 Å². The van der Waals surface area contributed by atoms with Gasteiger partial charge in [0.1, 0.15) is 0 Å². The highest BCUT2D eigenvalue weighted by Gasteiger charge is 2.54. The molecular formula is C57H36N2S2. The van der Waals surface area contributed by atoms with Crippen LogP contribution in [-0.4, -0.2) is 0 Å². The number of benzene rings is 9. The molecule has 0 fully saturated rings. The number of nitrogens with zero attached hydrogens (tertiary/aromatic N) is 2. The monoisotopic (exact) mass is 812 g/mol. The first-order valence-electron chi connectivity index (χ1n) is 20.8. The minimum Gasteiger partial charge on any atom is -0.310 e. The van der Waals surface area contributed by atoms with Gasteiger partial charge >= 0.3 is 0 Å². The summed E-state index contributed by atoms with van der Waals surface area (Å²) in [6.45, 7) is 0. The molecule has 1 atom stereocenters. The molecule has 2 heterocycles. The van der Waals surface area contributed by atoms with Crippen LogP contribution in [0.3, 0.4) is 0 Å². The normalized spacial score (nSPS) is 14.6. The van der Waals surface area contributed by atoms with Gasteiger partial charge in [-0.25, -0.2) is 0 Å². The van der Waals surface area contributed by atoms with Crippen LogP contribution in [0.5, 0.6) is 0 Å². The van der Waals surface area contributed by atoms with Gasteiger partial charge in [0.05, 0.1) is 5.41 Å². The Labute approximate surface area is 362 Å². The number of thiophene rings is 2. The zero-order chi connectivity index (χ0) is 40.1. The largest absolute Gasteiger partial charge is 0.310 e. The molecule has 1 unspecified atom stereocenters. The molecule has 13 rings (SSSR count). The molecule has 0 amide bonds. The Morgan fingerprint density at radius 1 is 0.295 bits per heavy atom. The summed E-state index contributed by atoms with van der Waals surface area (Å²) in [4.78, 5) is 6.21. The van der Waals surface area contributed by atoms with E-state index < -0.39 is 5.41 Å². The van der Waals surface area contributed by atoms with E-state index in [2.05, 4.69) is 228 Å². The summed E-state index contributed by atoms with van der Waals surface area (Å²) in [6.07, 6.45) is 0. The Balaban J connectivity index is 1.10. The van der Waals surface area contributed by atoms with E-state index in [1.165, 1.54) is 74.1 Å². The maximum Gasteiger partial charge on any atom is 0.0741 e. The van der Waals surface area contributed by atoms with Crippen molar-refractivity contribution in [1.29, 1.82) is 0 Å². The molecule has 61 heavy (non-hydrogen) atoms. The quantitative estimate of drug-likeness (QED) is 0.165. The lowest BCUT2D eigenvalue weighted by Gasteiger charge is -2.33. The van der Waals surface area contributed by atoms with Crippen molar-refractivity contribution >= 4 is 87.1 Å². The molecule has 0 saturated carbocycles. The van der Waals surface area contributed by atoms with Crippen LogP contribution in [0.2, 0.25) is 0 Å². The summed E-state index contributed by atoms with van der Waals surface area (Å²) >= 11 is 3.79. The lowest BCUT2D eigenvalue weighted by Crippen LogP contribution is -2.26. The van der Waals surface area contributed by atoms with Crippen molar-refractivity contribution in [3.63, 3.8) is 0 Å². The fourth-order valence-electron chi connectivity index (χ4n) is 10.4. The molecule has 0 radical (unpaired) electrons. The van der Waals surface area contributed by atoms with Crippen molar-refractivity contribution in [2.24, 2.45) is 0 Å². The van der Waals surface area contributed by atoms with Crippen LogP contribution >= 0.6 is 22.7 Å². The Bertz CT molecular complexity index is 3460. The zero-order valence-electron chi connectivity index (χ0n) is 33.0. The van der Waals surface area contributed by atoms with Gasteiger partial charge in [-0.1, -0.05) is 127 Å². The molecule has 286 valence electrons. The van der Waals surface area contributed by atoms with Gasteiger partial charge in [0.25, 0.3) is 0 Å². The van der Waals surface area contributed by atoms with E-state index in [1.807, 2.05) is 22.7 Å². The number of anilines is 6. The van der Waals surface area contributed by atoms with Crippen LogP contribution in [-0.2, 0) is 5.41 Å². The second-order valence-corrected chi connectivity index (χ2v) is 18.1. The van der Waals surface area contributed by atoms with Gasteiger partial charge in [0.15, 0.2) is 0 Å². The number of fused-ring (bicyclic) bond motifs is 15. The van der Waals surface area contributed by atoms with Gasteiger partial charge in [-0.05, 0) is 135 Å². The van der Waals surface area contributed by atoms with Crippen LogP contribution in [0.25, 0.3) is 51.8 Å². The average molecular weight is 813 g/mol. The number of hydrogen-bond acceptors (Lipinski definition) is 4. The topological polar surface area (TPSA) is 6.48 Å². The fourth-order valence-corrected chi connectivity index (χ4v) is 12.8. The zero-order valence-corrected chi connectivity index (χ0v) is 34.6. The van der Waals surface area contributed by atoms with Gasteiger partial charge in [0, 0.05) is 63.9 Å². The van der Waals surface area contributed by atoms with Gasteiger partial charge in [-0.15, -0.1) is 22.7 Å². The van der Waals surface area contributed by atoms with Crippen molar-refractivity contribution in [1.82, 2.24) is 0 Å². The summed E-state index contributed by atoms with van der Waals surface area (Å²) < 4.78 is 3.94. The van der Waals surface area contributed by atoms with Crippen molar-refractivity contribution in [3.05, 3.63) is 241 Å². The molecule has 1 spiro atoms. The van der Waals surface area contributed by atoms with Crippen molar-refractivity contribution in [3.8, 4) is 21.6 Å². The molecule has 2 aromatic heterocycles. The van der Waals surface area contributed by atoms with Gasteiger partial charge in [-0.2, -0.15) is 0 Å². The van der Waals surface area contributed by atoms with Crippen LogP contribution < -0.4 is 9.80 Å². The second kappa shape index (κ2) is 13.4. The highest BCUT2D eigenvalue weighted by molar-refractivity contribution is 7.25. The highest BCUT2D eigenvalue weighted by Crippen LogP contribution is 2.67. The lowest BCUT2D eigenvalue weighted by atomic mass is 9.70. The highest BCUT2D eigenvalue weighted by atomic mass is 32.1. The second-order valence-electron chi connectivity index (χ2n) is 16.0. The van der Waals surface area contributed by atoms with Crippen LogP contribution in [0, 0.1) is 0 Å². The maximum atomic E-state index is 2.52. The standard InChI is InChI=1S/C57H36N2S2/c1-4-16-37(17-5-1)58(38-18-6-2-7-19-38)41-29-32-46-51(36-41)57(55-47-24-12-15-27-53(47)61-56(46)55)49-25-13-10-22-43(49)44-31-28-42(35-50(44)57)59(39-20-8-3-9-21-39)40-30-33-54-48(34-40)45-23-11-14-26-52(45)60-54/h1-36H. The predicted octanol–water partition coefficient (Wildman–Crippen LogP) is 16.6. The average Bonchev–Trinajstić information content (AvgIpc) is 4.05. The Hall–Kier alpha value is -7.24. The molecule has 11 aromatic rings. The molecule has 0 N–H and O–H groups in total. The van der Waals surface area contributed by atoms with Crippen molar-refractivity contribution in [2.75, 3.05) is 9.80 Å². The lowest BCUT2D eigenvalue weighted by molar-refractivity contribution is 0.802. The number of para-hydroxylation sites is 3. The molecular weight excluding hydrogens is 777 g/mol. The minimum absolute atomic E-state index is 0.558. The van der Waals surface area contributed by atoms with Gasteiger partial charge < -0.3 is 9.80 Å². The molecule has 2 aliphatic rings. The summed E-state index contributed by atoms with van der Waals surface area (Å²) in [7, 11) is 0. The van der Waals surface area contributed by atoms with E-state index in [0.29, 0.717) is 0 Å². The van der Waals surface area contributed by atoms with E-state index in [9.17, 15) is 0 Å². The SMILES string of the molecule is c1ccc(N(c2ccccc2)c2ccc3c(c2)C2(c4ccccc4-c4ccc(N(c5ccccc5)c5ccc6sc7ccccc7c6c5)cc42)c2c-3sc3ccccc23)cc1. The van der Waals surface area contributed by atoms with Crippen molar-refractivity contribution in [2.45, 2.75) is 5.41 Å². The maximum absolute atomic E-state index is 2.52. The summed E-state index contributed by atoms with van der Waals surface area (Å²) in [5, 5.41) is 3.92. The first-order valence-corrected chi connectivity index (χ1v) is 22.5. The molecule has 9 aromatic carbocycles. The molecule has 2 aliphatic carbocycles. The molecule has 4 heteroatoms. The Kier molecular flexibility index (Phi) is 7.59. The smallest absolute Gasteiger partial charge is 0.0741 e. The van der Waals surface area contributed by atoms with E-state index in [-0.39, 0.29) is 0 Å². The van der Waals surface area contributed by atoms with Gasteiger partial charge in [0.2, 0.25) is 0 Å². The van der Waals surface area contributed by atoms with Crippen molar-refractivity contribution < 1.29 is 0 Å². The van der Waals surface area contributed by atoms with Crippen LogP contribution in [0.15, 0.2) is 218 Å². The van der Waals surface area contributed by atoms with Crippen LogP contribution in [0.4, 0.5) is 34.1 Å². The van der Waals surface area contributed by atoms with E-state index in [0.717, 1.165) is 34.1 Å².